The minimum Gasteiger partial charge on any atom is -0.484 e. The summed E-state index contributed by atoms with van der Waals surface area (Å²) in [5, 5.41) is 0. The lowest BCUT2D eigenvalue weighted by Crippen LogP contribution is -2.30. The molecule has 3 heteroatoms. The van der Waals surface area contributed by atoms with Crippen molar-refractivity contribution in [2.75, 3.05) is 13.7 Å². The van der Waals surface area contributed by atoms with Crippen molar-refractivity contribution in [3.8, 4) is 16.9 Å². The zero-order valence-corrected chi connectivity index (χ0v) is 15.2. The van der Waals surface area contributed by atoms with Crippen LogP contribution in [0.4, 0.5) is 0 Å². The van der Waals surface area contributed by atoms with E-state index in [1.54, 1.807) is 11.9 Å². The van der Waals surface area contributed by atoms with Crippen LogP contribution in [0.15, 0.2) is 78.9 Å². The van der Waals surface area contributed by atoms with Crippen molar-refractivity contribution in [3.05, 3.63) is 90.0 Å². The van der Waals surface area contributed by atoms with Gasteiger partial charge in [0.15, 0.2) is 6.61 Å². The standard InChI is InChI=1S/C23H23NO2/c1-18-8-10-20(11-9-18)21-12-14-22(15-13-21)26-17-23(25)24(2)16-19-6-4-3-5-7-19/h3-15H,16-17H2,1-2H3. The number of likely N-dealkylation sites (N-methyl/N-ethyl adjacent to an activating group) is 1. The first-order valence-electron chi connectivity index (χ1n) is 8.69. The average molecular weight is 345 g/mol. The highest BCUT2D eigenvalue weighted by Gasteiger charge is 2.10. The smallest absolute Gasteiger partial charge is 0.260 e. The van der Waals surface area contributed by atoms with E-state index in [0.29, 0.717) is 12.3 Å². The molecule has 0 spiro atoms. The van der Waals surface area contributed by atoms with Crippen molar-refractivity contribution < 1.29 is 9.53 Å². The summed E-state index contributed by atoms with van der Waals surface area (Å²) in [6.07, 6.45) is 0. The fourth-order valence-corrected chi connectivity index (χ4v) is 2.69. The summed E-state index contributed by atoms with van der Waals surface area (Å²) in [5.41, 5.74) is 4.64. The third-order valence-corrected chi connectivity index (χ3v) is 4.29. The normalized spacial score (nSPS) is 10.4. The monoisotopic (exact) mass is 345 g/mol. The van der Waals surface area contributed by atoms with E-state index in [2.05, 4.69) is 31.2 Å². The highest BCUT2D eigenvalue weighted by atomic mass is 16.5. The van der Waals surface area contributed by atoms with Crippen molar-refractivity contribution in [2.45, 2.75) is 13.5 Å². The summed E-state index contributed by atoms with van der Waals surface area (Å²) in [5.74, 6) is 0.652. The number of carbonyl (C=O) groups is 1. The maximum atomic E-state index is 12.2. The Morgan fingerprint density at radius 3 is 2.04 bits per heavy atom. The second-order valence-electron chi connectivity index (χ2n) is 6.41. The lowest BCUT2D eigenvalue weighted by atomic mass is 10.0. The van der Waals surface area contributed by atoms with E-state index < -0.39 is 0 Å². The Morgan fingerprint density at radius 1 is 0.846 bits per heavy atom. The molecule has 0 fully saturated rings. The topological polar surface area (TPSA) is 29.5 Å². The van der Waals surface area contributed by atoms with Gasteiger partial charge in [-0.2, -0.15) is 0 Å². The van der Waals surface area contributed by atoms with Gasteiger partial charge in [0.25, 0.3) is 5.91 Å². The molecule has 0 N–H and O–H groups in total. The molecular formula is C23H23NO2. The molecule has 26 heavy (non-hydrogen) atoms. The van der Waals surface area contributed by atoms with Gasteiger partial charge in [0.2, 0.25) is 0 Å². The summed E-state index contributed by atoms with van der Waals surface area (Å²) in [7, 11) is 1.79. The first kappa shape index (κ1) is 17.7. The van der Waals surface area contributed by atoms with Crippen LogP contribution in [0.5, 0.6) is 5.75 Å². The number of amides is 1. The highest BCUT2D eigenvalue weighted by molar-refractivity contribution is 5.77. The molecule has 0 unspecified atom stereocenters. The van der Waals surface area contributed by atoms with Gasteiger partial charge in [-0.05, 0) is 35.7 Å². The number of carbonyl (C=O) groups excluding carboxylic acids is 1. The van der Waals surface area contributed by atoms with E-state index in [9.17, 15) is 4.79 Å². The summed E-state index contributed by atoms with van der Waals surface area (Å²) >= 11 is 0. The Balaban J connectivity index is 1.54. The summed E-state index contributed by atoms with van der Waals surface area (Å²) in [6, 6.07) is 26.2. The molecule has 0 bridgehead atoms. The van der Waals surface area contributed by atoms with Gasteiger partial charge in [0.1, 0.15) is 5.75 Å². The zero-order chi connectivity index (χ0) is 18.4. The highest BCUT2D eigenvalue weighted by Crippen LogP contribution is 2.22. The summed E-state index contributed by atoms with van der Waals surface area (Å²) < 4.78 is 5.65. The van der Waals surface area contributed by atoms with E-state index in [0.717, 1.165) is 11.1 Å². The van der Waals surface area contributed by atoms with Gasteiger partial charge < -0.3 is 9.64 Å². The van der Waals surface area contributed by atoms with Crippen LogP contribution < -0.4 is 4.74 Å². The molecule has 0 radical (unpaired) electrons. The van der Waals surface area contributed by atoms with Crippen LogP contribution in [-0.4, -0.2) is 24.5 Å². The quantitative estimate of drug-likeness (QED) is 0.648. The first-order chi connectivity index (χ1) is 12.6. The lowest BCUT2D eigenvalue weighted by Gasteiger charge is -2.17. The number of ether oxygens (including phenoxy) is 1. The molecule has 0 saturated carbocycles. The molecule has 0 atom stereocenters. The Morgan fingerprint density at radius 2 is 1.42 bits per heavy atom. The fourth-order valence-electron chi connectivity index (χ4n) is 2.69. The van der Waals surface area contributed by atoms with Crippen LogP contribution in [0.1, 0.15) is 11.1 Å². The maximum Gasteiger partial charge on any atom is 0.260 e. The predicted molar refractivity (Wildman–Crippen MR) is 105 cm³/mol. The van der Waals surface area contributed by atoms with Gasteiger partial charge in [0.05, 0.1) is 0 Å². The number of hydrogen-bond acceptors (Lipinski definition) is 2. The zero-order valence-electron chi connectivity index (χ0n) is 15.2. The van der Waals surface area contributed by atoms with Gasteiger partial charge in [0, 0.05) is 13.6 Å². The second kappa shape index (κ2) is 8.34. The van der Waals surface area contributed by atoms with Crippen LogP contribution in [0.3, 0.4) is 0 Å². The molecule has 0 aliphatic rings. The number of benzene rings is 3. The second-order valence-corrected chi connectivity index (χ2v) is 6.41. The van der Waals surface area contributed by atoms with Crippen molar-refractivity contribution in [1.82, 2.24) is 4.90 Å². The number of nitrogens with zero attached hydrogens (tertiary/aromatic N) is 1. The third kappa shape index (κ3) is 4.73. The van der Waals surface area contributed by atoms with Crippen LogP contribution in [0.2, 0.25) is 0 Å². The molecule has 0 aliphatic carbocycles. The Hall–Kier alpha value is -3.07. The summed E-state index contributed by atoms with van der Waals surface area (Å²) in [6.45, 7) is 2.69. The van der Waals surface area contributed by atoms with Gasteiger partial charge in [-0.1, -0.05) is 72.3 Å². The van der Waals surface area contributed by atoms with Crippen molar-refractivity contribution in [1.29, 1.82) is 0 Å². The van der Waals surface area contributed by atoms with Crippen molar-refractivity contribution >= 4 is 5.91 Å². The average Bonchev–Trinajstić information content (AvgIpc) is 2.68. The van der Waals surface area contributed by atoms with E-state index in [4.69, 9.17) is 4.74 Å². The summed E-state index contributed by atoms with van der Waals surface area (Å²) in [4.78, 5) is 13.9. The van der Waals surface area contributed by atoms with E-state index in [1.165, 1.54) is 11.1 Å². The van der Waals surface area contributed by atoms with Gasteiger partial charge >= 0.3 is 0 Å². The largest absolute Gasteiger partial charge is 0.484 e. The molecule has 3 nitrogen and oxygen atoms in total. The van der Waals surface area contributed by atoms with Gasteiger partial charge in [-0.3, -0.25) is 4.79 Å². The molecule has 0 heterocycles. The van der Waals surface area contributed by atoms with Crippen LogP contribution in [0, 0.1) is 6.92 Å². The molecule has 3 rings (SSSR count). The van der Waals surface area contributed by atoms with Crippen molar-refractivity contribution in [3.63, 3.8) is 0 Å². The Bertz CT molecular complexity index is 840. The van der Waals surface area contributed by atoms with Crippen molar-refractivity contribution in [2.24, 2.45) is 0 Å². The van der Waals surface area contributed by atoms with Gasteiger partial charge in [-0.15, -0.1) is 0 Å². The van der Waals surface area contributed by atoms with Crippen LogP contribution in [0.25, 0.3) is 11.1 Å². The van der Waals surface area contributed by atoms with Crippen LogP contribution >= 0.6 is 0 Å². The Labute approximate surface area is 154 Å². The third-order valence-electron chi connectivity index (χ3n) is 4.29. The van der Waals surface area contributed by atoms with E-state index >= 15 is 0 Å². The van der Waals surface area contributed by atoms with E-state index in [1.807, 2.05) is 54.6 Å². The lowest BCUT2D eigenvalue weighted by molar-refractivity contribution is -0.132. The number of hydrogen-bond donors (Lipinski definition) is 0. The first-order valence-corrected chi connectivity index (χ1v) is 8.69. The SMILES string of the molecule is Cc1ccc(-c2ccc(OCC(=O)N(C)Cc3ccccc3)cc2)cc1. The molecule has 132 valence electrons. The molecular weight excluding hydrogens is 322 g/mol. The molecule has 1 amide bonds. The predicted octanol–water partition coefficient (Wildman–Crippen LogP) is 4.70. The molecule has 0 saturated heterocycles. The number of aryl methyl sites for hydroxylation is 1. The van der Waals surface area contributed by atoms with Gasteiger partial charge in [-0.25, -0.2) is 0 Å². The van der Waals surface area contributed by atoms with E-state index in [-0.39, 0.29) is 12.5 Å². The molecule has 3 aromatic carbocycles. The Kier molecular flexibility index (Phi) is 5.69. The minimum absolute atomic E-state index is 0.0349. The van der Waals surface area contributed by atoms with Crippen LogP contribution in [-0.2, 0) is 11.3 Å². The molecule has 0 aromatic heterocycles. The molecule has 3 aromatic rings. The maximum absolute atomic E-state index is 12.2. The number of rotatable bonds is 6. The fraction of sp³-hybridized carbons (Fsp3) is 0.174. The minimum atomic E-state index is -0.0449. The molecule has 0 aliphatic heterocycles.